The Morgan fingerprint density at radius 2 is 2.10 bits per heavy atom. The van der Waals surface area contributed by atoms with Crippen molar-refractivity contribution in [2.75, 3.05) is 17.6 Å². The van der Waals surface area contributed by atoms with Gasteiger partial charge in [-0.1, -0.05) is 0 Å². The van der Waals surface area contributed by atoms with Crippen molar-refractivity contribution in [3.8, 4) is 0 Å². The van der Waals surface area contributed by atoms with Gasteiger partial charge in [-0.25, -0.2) is 4.98 Å². The first-order valence-corrected chi connectivity index (χ1v) is 7.44. The summed E-state index contributed by atoms with van der Waals surface area (Å²) in [4.78, 5) is 13.4. The molecule has 112 valence electrons. The minimum absolute atomic E-state index is 0.379. The number of hydrogen-bond acceptors (Lipinski definition) is 6. The molecule has 0 spiro atoms. The molecule has 3 rings (SSSR count). The first-order valence-electron chi connectivity index (χ1n) is 7.44. The Balaban J connectivity index is 1.93. The predicted molar refractivity (Wildman–Crippen MR) is 85.3 cm³/mol. The van der Waals surface area contributed by atoms with Crippen molar-refractivity contribution in [3.05, 3.63) is 17.3 Å². The summed E-state index contributed by atoms with van der Waals surface area (Å²) in [5, 5.41) is 7.69. The van der Waals surface area contributed by atoms with E-state index in [9.17, 15) is 0 Å². The predicted octanol–water partition coefficient (Wildman–Crippen LogP) is 1.78. The van der Waals surface area contributed by atoms with E-state index in [4.69, 9.17) is 5.73 Å². The van der Waals surface area contributed by atoms with Gasteiger partial charge in [0.25, 0.3) is 0 Å². The quantitative estimate of drug-likeness (QED) is 0.780. The van der Waals surface area contributed by atoms with Gasteiger partial charge in [-0.3, -0.25) is 0 Å². The molecule has 1 aliphatic heterocycles. The SMILES string of the molecule is Cc1cc(C)c2c(N)nc(NC3CCNC(C)C3)nc2n1. The smallest absolute Gasteiger partial charge is 0.226 e. The zero-order valence-corrected chi connectivity index (χ0v) is 12.8. The molecule has 2 aromatic heterocycles. The summed E-state index contributed by atoms with van der Waals surface area (Å²) in [5.41, 5.74) is 8.78. The van der Waals surface area contributed by atoms with E-state index in [-0.39, 0.29) is 0 Å². The number of aryl methyl sites for hydroxylation is 2. The van der Waals surface area contributed by atoms with E-state index in [0.717, 1.165) is 36.0 Å². The van der Waals surface area contributed by atoms with Gasteiger partial charge in [0, 0.05) is 17.8 Å². The van der Waals surface area contributed by atoms with Gasteiger partial charge in [-0.15, -0.1) is 0 Å². The van der Waals surface area contributed by atoms with Gasteiger partial charge in [0.15, 0.2) is 5.65 Å². The summed E-state index contributed by atoms with van der Waals surface area (Å²) >= 11 is 0. The summed E-state index contributed by atoms with van der Waals surface area (Å²) in [7, 11) is 0. The van der Waals surface area contributed by atoms with Crippen LogP contribution in [0.4, 0.5) is 11.8 Å². The summed E-state index contributed by atoms with van der Waals surface area (Å²) in [6.07, 6.45) is 2.12. The fraction of sp³-hybridized carbons (Fsp3) is 0.533. The Kier molecular flexibility index (Phi) is 3.63. The highest BCUT2D eigenvalue weighted by atomic mass is 15.2. The highest BCUT2D eigenvalue weighted by molar-refractivity contribution is 5.89. The zero-order valence-electron chi connectivity index (χ0n) is 12.8. The average Bonchev–Trinajstić information content (AvgIpc) is 2.37. The number of rotatable bonds is 2. The third-order valence-corrected chi connectivity index (χ3v) is 3.98. The summed E-state index contributed by atoms with van der Waals surface area (Å²) in [6.45, 7) is 7.18. The van der Waals surface area contributed by atoms with Crippen LogP contribution in [0.25, 0.3) is 11.0 Å². The van der Waals surface area contributed by atoms with E-state index < -0.39 is 0 Å². The van der Waals surface area contributed by atoms with Crippen LogP contribution in [0.3, 0.4) is 0 Å². The Morgan fingerprint density at radius 1 is 1.29 bits per heavy atom. The average molecular weight is 286 g/mol. The monoisotopic (exact) mass is 286 g/mol. The van der Waals surface area contributed by atoms with Gasteiger partial charge in [-0.2, -0.15) is 9.97 Å². The molecule has 0 aliphatic carbocycles. The van der Waals surface area contributed by atoms with Gasteiger partial charge in [0.2, 0.25) is 5.95 Å². The van der Waals surface area contributed by atoms with Crippen LogP contribution in [-0.2, 0) is 0 Å². The van der Waals surface area contributed by atoms with Crippen LogP contribution in [0, 0.1) is 13.8 Å². The molecule has 1 saturated heterocycles. The number of nitrogen functional groups attached to an aromatic ring is 1. The Morgan fingerprint density at radius 3 is 2.86 bits per heavy atom. The molecule has 3 heterocycles. The van der Waals surface area contributed by atoms with Crippen LogP contribution < -0.4 is 16.4 Å². The third kappa shape index (κ3) is 2.90. The molecule has 1 fully saturated rings. The van der Waals surface area contributed by atoms with Crippen molar-refractivity contribution < 1.29 is 0 Å². The second-order valence-electron chi connectivity index (χ2n) is 5.93. The van der Waals surface area contributed by atoms with Gasteiger partial charge in [0.05, 0.1) is 5.39 Å². The molecular formula is C15H22N6. The molecule has 0 aromatic carbocycles. The second kappa shape index (κ2) is 5.44. The number of nitrogens with zero attached hydrogens (tertiary/aromatic N) is 3. The normalized spacial score (nSPS) is 22.4. The number of nitrogens with one attached hydrogen (secondary N) is 2. The Labute approximate surface area is 124 Å². The molecule has 2 atom stereocenters. The molecule has 0 bridgehead atoms. The summed E-state index contributed by atoms with van der Waals surface area (Å²) in [5.74, 6) is 1.08. The molecule has 0 amide bonds. The molecule has 6 heteroatoms. The molecule has 21 heavy (non-hydrogen) atoms. The first-order chi connectivity index (χ1) is 10.0. The summed E-state index contributed by atoms with van der Waals surface area (Å²) in [6, 6.07) is 2.89. The molecule has 0 radical (unpaired) electrons. The maximum absolute atomic E-state index is 6.10. The molecule has 0 saturated carbocycles. The van der Waals surface area contributed by atoms with Crippen LogP contribution in [0.2, 0.25) is 0 Å². The summed E-state index contributed by atoms with van der Waals surface area (Å²) < 4.78 is 0. The maximum Gasteiger partial charge on any atom is 0.226 e. The van der Waals surface area contributed by atoms with E-state index in [2.05, 4.69) is 32.5 Å². The number of anilines is 2. The minimum atomic E-state index is 0.379. The lowest BCUT2D eigenvalue weighted by Gasteiger charge is -2.28. The highest BCUT2D eigenvalue weighted by Gasteiger charge is 2.19. The standard InChI is InChI=1S/C15H22N6/c1-8-6-10(3)18-14-12(8)13(16)20-15(21-14)19-11-4-5-17-9(2)7-11/h6,9,11,17H,4-5,7H2,1-3H3,(H3,16,18,19,20,21). The lowest BCUT2D eigenvalue weighted by Crippen LogP contribution is -2.41. The van der Waals surface area contributed by atoms with Crippen LogP contribution >= 0.6 is 0 Å². The Bertz CT molecular complexity index is 669. The van der Waals surface area contributed by atoms with Crippen LogP contribution in [0.15, 0.2) is 6.07 Å². The molecule has 2 aromatic rings. The first kappa shape index (κ1) is 14.0. The van der Waals surface area contributed by atoms with E-state index in [1.807, 2.05) is 19.9 Å². The van der Waals surface area contributed by atoms with E-state index in [0.29, 0.717) is 29.5 Å². The molecule has 2 unspecified atom stereocenters. The van der Waals surface area contributed by atoms with Crippen molar-refractivity contribution in [2.45, 2.75) is 45.7 Å². The van der Waals surface area contributed by atoms with E-state index >= 15 is 0 Å². The van der Waals surface area contributed by atoms with Crippen molar-refractivity contribution in [3.63, 3.8) is 0 Å². The van der Waals surface area contributed by atoms with Crippen molar-refractivity contribution in [1.29, 1.82) is 0 Å². The number of pyridine rings is 1. The lowest BCUT2D eigenvalue weighted by molar-refractivity contribution is 0.395. The number of fused-ring (bicyclic) bond motifs is 1. The third-order valence-electron chi connectivity index (χ3n) is 3.98. The molecule has 1 aliphatic rings. The van der Waals surface area contributed by atoms with Gasteiger partial charge < -0.3 is 16.4 Å². The van der Waals surface area contributed by atoms with Crippen molar-refractivity contribution >= 4 is 22.8 Å². The largest absolute Gasteiger partial charge is 0.383 e. The second-order valence-corrected chi connectivity index (χ2v) is 5.93. The van der Waals surface area contributed by atoms with Gasteiger partial charge in [0.1, 0.15) is 5.82 Å². The van der Waals surface area contributed by atoms with Gasteiger partial charge in [-0.05, 0) is 51.8 Å². The lowest BCUT2D eigenvalue weighted by atomic mass is 10.0. The van der Waals surface area contributed by atoms with E-state index in [1.165, 1.54) is 0 Å². The van der Waals surface area contributed by atoms with E-state index in [1.54, 1.807) is 0 Å². The zero-order chi connectivity index (χ0) is 15.0. The number of aromatic nitrogens is 3. The fourth-order valence-corrected chi connectivity index (χ4v) is 3.02. The van der Waals surface area contributed by atoms with Crippen LogP contribution in [-0.4, -0.2) is 33.6 Å². The van der Waals surface area contributed by atoms with Crippen LogP contribution in [0.1, 0.15) is 31.0 Å². The fourth-order valence-electron chi connectivity index (χ4n) is 3.02. The topological polar surface area (TPSA) is 88.8 Å². The molecule has 4 N–H and O–H groups in total. The number of piperidine rings is 1. The van der Waals surface area contributed by atoms with Crippen molar-refractivity contribution in [1.82, 2.24) is 20.3 Å². The maximum atomic E-state index is 6.10. The minimum Gasteiger partial charge on any atom is -0.383 e. The Hall–Kier alpha value is -1.95. The molecule has 6 nitrogen and oxygen atoms in total. The number of hydrogen-bond donors (Lipinski definition) is 3. The van der Waals surface area contributed by atoms with Crippen molar-refractivity contribution in [2.24, 2.45) is 0 Å². The molecular weight excluding hydrogens is 264 g/mol. The van der Waals surface area contributed by atoms with Crippen LogP contribution in [0.5, 0.6) is 0 Å². The highest BCUT2D eigenvalue weighted by Crippen LogP contribution is 2.23. The number of nitrogens with two attached hydrogens (primary N) is 1. The van der Waals surface area contributed by atoms with Gasteiger partial charge >= 0.3 is 0 Å².